The van der Waals surface area contributed by atoms with Gasteiger partial charge in [0.1, 0.15) is 12.6 Å². The molecule has 3 atom stereocenters. The SMILES string of the molecule is O=C(CC(NC(=O)OCC1c2ccccc2-c2ccccc21)C(F)F)NC1CCC(C(=O)O)C1. The summed E-state index contributed by atoms with van der Waals surface area (Å²) in [6.45, 7) is -0.0271. The Morgan fingerprint density at radius 2 is 1.62 bits per heavy atom. The average Bonchev–Trinajstić information content (AvgIpc) is 3.40. The van der Waals surface area contributed by atoms with Gasteiger partial charge in [-0.15, -0.1) is 0 Å². The summed E-state index contributed by atoms with van der Waals surface area (Å²) in [5.74, 6) is -2.36. The number of carbonyl (C=O) groups excluding carboxylic acids is 2. The monoisotopic (exact) mass is 472 g/mol. The first-order valence-corrected chi connectivity index (χ1v) is 11.2. The first-order chi connectivity index (χ1) is 16.3. The molecule has 0 radical (unpaired) electrons. The second-order valence-electron chi connectivity index (χ2n) is 8.73. The molecule has 0 saturated heterocycles. The Bertz CT molecular complexity index is 1030. The Labute approximate surface area is 195 Å². The van der Waals surface area contributed by atoms with E-state index < -0.39 is 42.8 Å². The van der Waals surface area contributed by atoms with Crippen LogP contribution in [-0.4, -0.2) is 48.2 Å². The van der Waals surface area contributed by atoms with Crippen molar-refractivity contribution in [2.45, 2.75) is 50.1 Å². The van der Waals surface area contributed by atoms with E-state index in [0.717, 1.165) is 22.3 Å². The Balaban J connectivity index is 1.32. The van der Waals surface area contributed by atoms with Gasteiger partial charge in [0.05, 0.1) is 12.3 Å². The molecule has 3 N–H and O–H groups in total. The third-order valence-electron chi connectivity index (χ3n) is 6.50. The largest absolute Gasteiger partial charge is 0.481 e. The van der Waals surface area contributed by atoms with Gasteiger partial charge in [-0.1, -0.05) is 48.5 Å². The van der Waals surface area contributed by atoms with Gasteiger partial charge in [-0.3, -0.25) is 9.59 Å². The summed E-state index contributed by atoms with van der Waals surface area (Å²) in [5, 5.41) is 13.7. The maximum absolute atomic E-state index is 13.5. The molecule has 0 bridgehead atoms. The number of rotatable bonds is 8. The number of ether oxygens (including phenoxy) is 1. The molecule has 1 fully saturated rings. The number of carbonyl (C=O) groups is 3. The van der Waals surface area contributed by atoms with E-state index in [-0.39, 0.29) is 25.0 Å². The van der Waals surface area contributed by atoms with Crippen molar-refractivity contribution < 1.29 is 33.0 Å². The van der Waals surface area contributed by atoms with Crippen molar-refractivity contribution in [3.63, 3.8) is 0 Å². The Morgan fingerprint density at radius 1 is 1.00 bits per heavy atom. The summed E-state index contributed by atoms with van der Waals surface area (Å²) in [6.07, 6.45) is -3.46. The van der Waals surface area contributed by atoms with Gasteiger partial charge in [0.25, 0.3) is 6.43 Å². The molecule has 0 aromatic heterocycles. The van der Waals surface area contributed by atoms with Crippen LogP contribution in [0.15, 0.2) is 48.5 Å². The molecule has 2 amide bonds. The van der Waals surface area contributed by atoms with E-state index in [4.69, 9.17) is 9.84 Å². The smallest absolute Gasteiger partial charge is 0.407 e. The fourth-order valence-corrected chi connectivity index (χ4v) is 4.82. The molecule has 2 aromatic carbocycles. The highest BCUT2D eigenvalue weighted by Gasteiger charge is 2.33. The molecule has 0 aliphatic heterocycles. The zero-order valence-electron chi connectivity index (χ0n) is 18.4. The van der Waals surface area contributed by atoms with Crippen molar-refractivity contribution >= 4 is 18.0 Å². The highest BCUT2D eigenvalue weighted by atomic mass is 19.3. The highest BCUT2D eigenvalue weighted by Crippen LogP contribution is 2.44. The first-order valence-electron chi connectivity index (χ1n) is 11.2. The molecule has 9 heteroatoms. The van der Waals surface area contributed by atoms with Gasteiger partial charge in [-0.2, -0.15) is 0 Å². The zero-order valence-corrected chi connectivity index (χ0v) is 18.4. The molecule has 2 aromatic rings. The lowest BCUT2D eigenvalue weighted by molar-refractivity contribution is -0.141. The van der Waals surface area contributed by atoms with Crippen LogP contribution in [0, 0.1) is 5.92 Å². The predicted octanol–water partition coefficient (Wildman–Crippen LogP) is 3.92. The predicted molar refractivity (Wildman–Crippen MR) is 120 cm³/mol. The van der Waals surface area contributed by atoms with E-state index in [1.807, 2.05) is 48.5 Å². The summed E-state index contributed by atoms with van der Waals surface area (Å²) in [4.78, 5) is 35.6. The summed E-state index contributed by atoms with van der Waals surface area (Å²) in [7, 11) is 0. The molecule has 2 aliphatic carbocycles. The fraction of sp³-hybridized carbons (Fsp3) is 0.400. The second-order valence-corrected chi connectivity index (χ2v) is 8.73. The quantitative estimate of drug-likeness (QED) is 0.540. The number of amides is 2. The maximum atomic E-state index is 13.5. The van der Waals surface area contributed by atoms with E-state index in [1.165, 1.54) is 0 Å². The van der Waals surface area contributed by atoms with Crippen molar-refractivity contribution in [2.24, 2.45) is 5.92 Å². The molecule has 3 unspecified atom stereocenters. The van der Waals surface area contributed by atoms with Crippen molar-refractivity contribution in [1.82, 2.24) is 10.6 Å². The van der Waals surface area contributed by atoms with Crippen LogP contribution in [0.1, 0.15) is 42.7 Å². The zero-order chi connectivity index (χ0) is 24.2. The second kappa shape index (κ2) is 10.2. The molecule has 7 nitrogen and oxygen atoms in total. The van der Waals surface area contributed by atoms with Crippen LogP contribution in [-0.2, 0) is 14.3 Å². The molecule has 0 heterocycles. The molecular formula is C25H26F2N2O5. The van der Waals surface area contributed by atoms with E-state index in [1.54, 1.807) is 0 Å². The lowest BCUT2D eigenvalue weighted by Crippen LogP contribution is -2.45. The van der Waals surface area contributed by atoms with Crippen molar-refractivity contribution in [2.75, 3.05) is 6.61 Å². The summed E-state index contributed by atoms with van der Waals surface area (Å²) < 4.78 is 32.3. The number of alkyl carbamates (subject to hydrolysis) is 1. The van der Waals surface area contributed by atoms with Crippen LogP contribution >= 0.6 is 0 Å². The number of alkyl halides is 2. The minimum absolute atomic E-state index is 0.0271. The molecule has 4 rings (SSSR count). The summed E-state index contributed by atoms with van der Waals surface area (Å²) >= 11 is 0. The minimum Gasteiger partial charge on any atom is -0.481 e. The van der Waals surface area contributed by atoms with Gasteiger partial charge in [-0.25, -0.2) is 13.6 Å². The van der Waals surface area contributed by atoms with Crippen LogP contribution < -0.4 is 10.6 Å². The number of nitrogens with one attached hydrogen (secondary N) is 2. The third-order valence-corrected chi connectivity index (χ3v) is 6.50. The van der Waals surface area contributed by atoms with Gasteiger partial charge in [-0.05, 0) is 41.5 Å². The number of halogens is 2. The fourth-order valence-electron chi connectivity index (χ4n) is 4.82. The number of carboxylic acid groups (broad SMARTS) is 1. The average molecular weight is 472 g/mol. The Kier molecular flexibility index (Phi) is 7.09. The molecule has 34 heavy (non-hydrogen) atoms. The van der Waals surface area contributed by atoms with Gasteiger partial charge in [0.2, 0.25) is 5.91 Å². The van der Waals surface area contributed by atoms with Crippen LogP contribution in [0.5, 0.6) is 0 Å². The molecule has 1 saturated carbocycles. The van der Waals surface area contributed by atoms with Gasteiger partial charge in [0.15, 0.2) is 0 Å². The van der Waals surface area contributed by atoms with Crippen LogP contribution in [0.2, 0.25) is 0 Å². The van der Waals surface area contributed by atoms with Gasteiger partial charge >= 0.3 is 12.1 Å². The Morgan fingerprint density at radius 3 is 2.18 bits per heavy atom. The number of hydrogen-bond acceptors (Lipinski definition) is 4. The topological polar surface area (TPSA) is 105 Å². The maximum Gasteiger partial charge on any atom is 0.407 e. The number of aliphatic carboxylic acids is 1. The third kappa shape index (κ3) is 5.18. The van der Waals surface area contributed by atoms with E-state index in [9.17, 15) is 23.2 Å². The lowest BCUT2D eigenvalue weighted by atomic mass is 9.98. The van der Waals surface area contributed by atoms with Crippen molar-refractivity contribution in [3.05, 3.63) is 59.7 Å². The van der Waals surface area contributed by atoms with Crippen molar-refractivity contribution in [3.8, 4) is 11.1 Å². The molecule has 2 aliphatic rings. The lowest BCUT2D eigenvalue weighted by Gasteiger charge is -2.20. The van der Waals surface area contributed by atoms with Crippen LogP contribution in [0.3, 0.4) is 0 Å². The summed E-state index contributed by atoms with van der Waals surface area (Å²) in [5.41, 5.74) is 4.09. The van der Waals surface area contributed by atoms with Crippen molar-refractivity contribution in [1.29, 1.82) is 0 Å². The van der Waals surface area contributed by atoms with E-state index >= 15 is 0 Å². The highest BCUT2D eigenvalue weighted by molar-refractivity contribution is 5.80. The number of fused-ring (bicyclic) bond motifs is 3. The number of hydrogen-bond donors (Lipinski definition) is 3. The molecular weight excluding hydrogens is 446 g/mol. The van der Waals surface area contributed by atoms with E-state index in [2.05, 4.69) is 10.6 Å². The van der Waals surface area contributed by atoms with Crippen LogP contribution in [0.4, 0.5) is 13.6 Å². The van der Waals surface area contributed by atoms with Crippen LogP contribution in [0.25, 0.3) is 11.1 Å². The molecule has 180 valence electrons. The minimum atomic E-state index is -2.97. The van der Waals surface area contributed by atoms with E-state index in [0.29, 0.717) is 12.8 Å². The first kappa shape index (κ1) is 23.7. The Hall–Kier alpha value is -3.49. The van der Waals surface area contributed by atoms with Gasteiger partial charge in [0, 0.05) is 12.0 Å². The summed E-state index contributed by atoms with van der Waals surface area (Å²) in [6, 6.07) is 13.4. The normalized spacial score (nSPS) is 19.9. The number of carboxylic acids is 1. The van der Waals surface area contributed by atoms with Gasteiger partial charge < -0.3 is 20.5 Å². The molecule has 0 spiro atoms. The standard InChI is InChI=1S/C25H26F2N2O5/c26-23(27)21(12-22(30)28-15-10-9-14(11-15)24(31)32)29-25(33)34-13-20-18-7-3-1-5-16(18)17-6-2-4-8-19(17)20/h1-8,14-15,20-21,23H,9-13H2,(H,28,30)(H,29,33)(H,31,32). The number of benzene rings is 2.